The average molecular weight is 363 g/mol. The first-order valence-electron chi connectivity index (χ1n) is 6.77. The van der Waals surface area contributed by atoms with Crippen molar-refractivity contribution in [3.8, 4) is 11.5 Å². The second-order valence-corrected chi connectivity index (χ2v) is 6.35. The van der Waals surface area contributed by atoms with Crippen molar-refractivity contribution in [2.24, 2.45) is 0 Å². The Morgan fingerprint density at radius 3 is 2.42 bits per heavy atom. The molecule has 1 aromatic rings. The van der Waals surface area contributed by atoms with Gasteiger partial charge in [0.05, 0.1) is 4.91 Å². The van der Waals surface area contributed by atoms with Crippen LogP contribution in [0.4, 0.5) is 0 Å². The summed E-state index contributed by atoms with van der Waals surface area (Å²) in [4.78, 5) is 34.3. The Labute approximate surface area is 147 Å². The number of allylic oxidation sites excluding steroid dienone is 2. The maximum Gasteiger partial charge on any atom is 0.308 e. The standard InChI is InChI=1S/C16H13NO5S2/c1-9(18)21-12-7-6-11(8-13(12)22-10(2)19)4-3-5-14-15(20)17-16(23)24-14/h3-8H,1-2H3,(H,17,20,23). The number of ether oxygens (including phenoxy) is 2. The Bertz CT molecular complexity index is 783. The fraction of sp³-hybridized carbons (Fsp3) is 0.125. The van der Waals surface area contributed by atoms with Gasteiger partial charge in [-0.25, -0.2) is 0 Å². The molecule has 1 amide bonds. The van der Waals surface area contributed by atoms with Crippen LogP contribution in [-0.2, 0) is 14.4 Å². The Kier molecular flexibility index (Phi) is 5.88. The van der Waals surface area contributed by atoms with Gasteiger partial charge in [0.25, 0.3) is 5.91 Å². The molecular formula is C16H13NO5S2. The smallest absolute Gasteiger partial charge is 0.308 e. The molecule has 1 saturated heterocycles. The molecule has 6 nitrogen and oxygen atoms in total. The fourth-order valence-electron chi connectivity index (χ4n) is 1.78. The van der Waals surface area contributed by atoms with E-state index in [4.69, 9.17) is 21.7 Å². The first-order chi connectivity index (χ1) is 11.3. The molecule has 2 rings (SSSR count). The summed E-state index contributed by atoms with van der Waals surface area (Å²) in [5.74, 6) is -0.984. The van der Waals surface area contributed by atoms with Crippen LogP contribution in [0.5, 0.6) is 11.5 Å². The molecule has 1 N–H and O–H groups in total. The number of thioether (sulfide) groups is 1. The Morgan fingerprint density at radius 2 is 1.83 bits per heavy atom. The molecule has 0 atom stereocenters. The van der Waals surface area contributed by atoms with E-state index >= 15 is 0 Å². The number of hydrogen-bond acceptors (Lipinski definition) is 7. The number of rotatable bonds is 4. The van der Waals surface area contributed by atoms with Crippen molar-refractivity contribution in [2.45, 2.75) is 13.8 Å². The highest BCUT2D eigenvalue weighted by Gasteiger charge is 2.21. The lowest BCUT2D eigenvalue weighted by Gasteiger charge is -2.09. The van der Waals surface area contributed by atoms with Crippen LogP contribution >= 0.6 is 24.0 Å². The second kappa shape index (κ2) is 7.89. The molecule has 0 aromatic heterocycles. The number of thiocarbonyl (C=S) groups is 1. The maximum atomic E-state index is 11.5. The van der Waals surface area contributed by atoms with Crippen LogP contribution in [-0.4, -0.2) is 22.2 Å². The normalized spacial score (nSPS) is 15.7. The van der Waals surface area contributed by atoms with Gasteiger partial charge < -0.3 is 14.8 Å². The van der Waals surface area contributed by atoms with Crippen molar-refractivity contribution in [1.82, 2.24) is 5.32 Å². The van der Waals surface area contributed by atoms with Gasteiger partial charge in [-0.05, 0) is 23.8 Å². The van der Waals surface area contributed by atoms with Gasteiger partial charge in [-0.2, -0.15) is 0 Å². The van der Waals surface area contributed by atoms with Gasteiger partial charge in [0.1, 0.15) is 4.32 Å². The summed E-state index contributed by atoms with van der Waals surface area (Å²) in [5.41, 5.74) is 0.699. The lowest BCUT2D eigenvalue weighted by atomic mass is 10.2. The van der Waals surface area contributed by atoms with E-state index < -0.39 is 11.9 Å². The summed E-state index contributed by atoms with van der Waals surface area (Å²) in [7, 11) is 0. The van der Waals surface area contributed by atoms with E-state index in [1.165, 1.54) is 31.7 Å². The number of benzene rings is 1. The van der Waals surface area contributed by atoms with Crippen LogP contribution in [0.3, 0.4) is 0 Å². The molecule has 0 bridgehead atoms. The minimum absolute atomic E-state index is 0.140. The molecule has 124 valence electrons. The van der Waals surface area contributed by atoms with Crippen LogP contribution in [0.15, 0.2) is 35.3 Å². The van der Waals surface area contributed by atoms with Crippen LogP contribution < -0.4 is 14.8 Å². The minimum Gasteiger partial charge on any atom is -0.423 e. The quantitative estimate of drug-likeness (QED) is 0.381. The van der Waals surface area contributed by atoms with E-state index in [1.807, 2.05) is 0 Å². The number of carbonyl (C=O) groups is 3. The van der Waals surface area contributed by atoms with Gasteiger partial charge in [0.15, 0.2) is 11.5 Å². The summed E-state index contributed by atoms with van der Waals surface area (Å²) in [6.07, 6.45) is 5.02. The molecule has 8 heteroatoms. The van der Waals surface area contributed by atoms with Crippen LogP contribution in [0.25, 0.3) is 6.08 Å². The molecular weight excluding hydrogens is 350 g/mol. The van der Waals surface area contributed by atoms with Gasteiger partial charge in [-0.3, -0.25) is 14.4 Å². The molecule has 0 aliphatic carbocycles. The molecule has 0 spiro atoms. The summed E-state index contributed by atoms with van der Waals surface area (Å²) in [6, 6.07) is 4.77. The average Bonchev–Trinajstić information content (AvgIpc) is 2.79. The molecule has 0 radical (unpaired) electrons. The third-order valence-corrected chi connectivity index (χ3v) is 3.83. The molecule has 0 unspecified atom stereocenters. The molecule has 1 aliphatic heterocycles. The largest absolute Gasteiger partial charge is 0.423 e. The molecule has 1 heterocycles. The zero-order chi connectivity index (χ0) is 17.7. The summed E-state index contributed by atoms with van der Waals surface area (Å²) in [5, 5.41) is 2.52. The van der Waals surface area contributed by atoms with Gasteiger partial charge in [0, 0.05) is 13.8 Å². The zero-order valence-corrected chi connectivity index (χ0v) is 14.5. The zero-order valence-electron chi connectivity index (χ0n) is 12.8. The van der Waals surface area contributed by atoms with E-state index in [2.05, 4.69) is 5.32 Å². The highest BCUT2D eigenvalue weighted by atomic mass is 32.2. The number of amides is 1. The third kappa shape index (κ3) is 5.04. The first kappa shape index (κ1) is 17.9. The van der Waals surface area contributed by atoms with Gasteiger partial charge >= 0.3 is 11.9 Å². The van der Waals surface area contributed by atoms with E-state index in [9.17, 15) is 14.4 Å². The molecule has 1 fully saturated rings. The van der Waals surface area contributed by atoms with E-state index in [1.54, 1.807) is 30.4 Å². The number of nitrogens with one attached hydrogen (secondary N) is 1. The van der Waals surface area contributed by atoms with E-state index in [0.717, 1.165) is 0 Å². The van der Waals surface area contributed by atoms with Crippen molar-refractivity contribution in [1.29, 1.82) is 0 Å². The Balaban J connectivity index is 2.21. The molecule has 0 saturated carbocycles. The van der Waals surface area contributed by atoms with Crippen molar-refractivity contribution >= 4 is 52.2 Å². The number of carbonyl (C=O) groups excluding carboxylic acids is 3. The van der Waals surface area contributed by atoms with E-state index in [0.29, 0.717) is 14.8 Å². The predicted molar refractivity (Wildman–Crippen MR) is 94.5 cm³/mol. The minimum atomic E-state index is -0.529. The Hall–Kier alpha value is -2.45. The molecule has 24 heavy (non-hydrogen) atoms. The highest BCUT2D eigenvalue weighted by Crippen LogP contribution is 2.29. The van der Waals surface area contributed by atoms with Crippen LogP contribution in [0.1, 0.15) is 19.4 Å². The van der Waals surface area contributed by atoms with Crippen molar-refractivity contribution in [3.63, 3.8) is 0 Å². The lowest BCUT2D eigenvalue weighted by Crippen LogP contribution is -2.17. The lowest BCUT2D eigenvalue weighted by molar-refractivity contribution is -0.134. The summed E-state index contributed by atoms with van der Waals surface area (Å²) < 4.78 is 10.5. The van der Waals surface area contributed by atoms with Crippen molar-refractivity contribution < 1.29 is 23.9 Å². The van der Waals surface area contributed by atoms with Gasteiger partial charge in [0.2, 0.25) is 0 Å². The topological polar surface area (TPSA) is 81.7 Å². The highest BCUT2D eigenvalue weighted by molar-refractivity contribution is 8.26. The first-order valence-corrected chi connectivity index (χ1v) is 8.00. The van der Waals surface area contributed by atoms with Crippen molar-refractivity contribution in [3.05, 3.63) is 40.8 Å². The molecule has 1 aromatic carbocycles. The SMILES string of the molecule is CC(=O)Oc1ccc(C=CC=C2SC(=S)NC2=O)cc1OC(C)=O. The molecule has 1 aliphatic rings. The third-order valence-electron chi connectivity index (χ3n) is 2.65. The summed E-state index contributed by atoms with van der Waals surface area (Å²) in [6.45, 7) is 2.51. The monoisotopic (exact) mass is 363 g/mol. The number of hydrogen-bond donors (Lipinski definition) is 1. The summed E-state index contributed by atoms with van der Waals surface area (Å²) >= 11 is 6.08. The van der Waals surface area contributed by atoms with Crippen LogP contribution in [0.2, 0.25) is 0 Å². The van der Waals surface area contributed by atoms with Gasteiger partial charge in [-0.15, -0.1) is 0 Å². The van der Waals surface area contributed by atoms with Crippen LogP contribution in [0, 0.1) is 0 Å². The van der Waals surface area contributed by atoms with Crippen molar-refractivity contribution in [2.75, 3.05) is 0 Å². The van der Waals surface area contributed by atoms with Gasteiger partial charge in [-0.1, -0.05) is 42.2 Å². The number of esters is 2. The van der Waals surface area contributed by atoms with E-state index in [-0.39, 0.29) is 17.4 Å². The maximum absolute atomic E-state index is 11.5. The fourth-order valence-corrected chi connectivity index (χ4v) is 2.78. The second-order valence-electron chi connectivity index (χ2n) is 4.63. The Morgan fingerprint density at radius 1 is 1.17 bits per heavy atom. The predicted octanol–water partition coefficient (Wildman–Crippen LogP) is 2.58.